The number of nitrogens with one attached hydrogen (secondary N) is 1. The Morgan fingerprint density at radius 1 is 1.21 bits per heavy atom. The van der Waals surface area contributed by atoms with E-state index in [1.807, 2.05) is 42.4 Å². The van der Waals surface area contributed by atoms with Gasteiger partial charge in [0, 0.05) is 31.0 Å². The predicted molar refractivity (Wildman–Crippen MR) is 111 cm³/mol. The molecule has 10 heteroatoms. The van der Waals surface area contributed by atoms with Crippen LogP contribution in [0, 0.1) is 6.92 Å². The van der Waals surface area contributed by atoms with Crippen molar-refractivity contribution in [3.8, 4) is 11.3 Å². The molecule has 0 radical (unpaired) electrons. The molecule has 9 nitrogen and oxygen atoms in total. The first-order valence-electron chi connectivity index (χ1n) is 9.39. The van der Waals surface area contributed by atoms with E-state index in [1.165, 1.54) is 0 Å². The third kappa shape index (κ3) is 3.44. The summed E-state index contributed by atoms with van der Waals surface area (Å²) in [5.74, 6) is -0.235. The van der Waals surface area contributed by atoms with Crippen LogP contribution in [0.25, 0.3) is 16.9 Å². The highest BCUT2D eigenvalue weighted by molar-refractivity contribution is 9.10. The molecular formula is C19H21BrN8O. The van der Waals surface area contributed by atoms with Crippen LogP contribution in [0.1, 0.15) is 35.6 Å². The van der Waals surface area contributed by atoms with Crippen LogP contribution in [-0.2, 0) is 19.6 Å². The van der Waals surface area contributed by atoms with E-state index < -0.39 is 0 Å². The van der Waals surface area contributed by atoms with Gasteiger partial charge in [0.1, 0.15) is 5.56 Å². The lowest BCUT2D eigenvalue weighted by Crippen LogP contribution is -2.24. The van der Waals surface area contributed by atoms with Gasteiger partial charge >= 0.3 is 0 Å². The number of hydrogen-bond donors (Lipinski definition) is 1. The molecule has 150 valence electrons. The molecule has 0 fully saturated rings. The lowest BCUT2D eigenvalue weighted by atomic mass is 10.2. The van der Waals surface area contributed by atoms with E-state index in [1.54, 1.807) is 23.1 Å². The van der Waals surface area contributed by atoms with E-state index in [0.29, 0.717) is 17.8 Å². The quantitative estimate of drug-likeness (QED) is 0.481. The third-order valence-corrected chi connectivity index (χ3v) is 5.47. The largest absolute Gasteiger partial charge is 0.346 e. The van der Waals surface area contributed by atoms with Crippen LogP contribution in [0.2, 0.25) is 0 Å². The van der Waals surface area contributed by atoms with E-state index in [-0.39, 0.29) is 5.91 Å². The second kappa shape index (κ2) is 7.78. The zero-order valence-corrected chi connectivity index (χ0v) is 18.0. The first-order valence-corrected chi connectivity index (χ1v) is 10.2. The molecule has 0 atom stereocenters. The van der Waals surface area contributed by atoms with Crippen molar-refractivity contribution in [1.82, 2.24) is 39.5 Å². The molecule has 0 saturated heterocycles. The Labute approximate surface area is 175 Å². The molecule has 1 N–H and O–H groups in total. The number of nitrogens with zero attached hydrogens (tertiary/aromatic N) is 7. The van der Waals surface area contributed by atoms with Crippen LogP contribution < -0.4 is 5.32 Å². The number of amides is 1. The molecule has 0 saturated carbocycles. The van der Waals surface area contributed by atoms with Gasteiger partial charge in [-0.15, -0.1) is 0 Å². The number of halogens is 1. The minimum atomic E-state index is -0.235. The molecule has 0 unspecified atom stereocenters. The fraction of sp³-hybridized carbons (Fsp3) is 0.316. The van der Waals surface area contributed by atoms with Crippen LogP contribution in [0.5, 0.6) is 0 Å². The smallest absolute Gasteiger partial charge is 0.257 e. The summed E-state index contributed by atoms with van der Waals surface area (Å²) in [5, 5.41) is 16.1. The molecule has 4 aromatic rings. The molecule has 4 heterocycles. The zero-order chi connectivity index (χ0) is 20.5. The second-order valence-corrected chi connectivity index (χ2v) is 7.40. The number of fused-ring (bicyclic) bond motifs is 1. The lowest BCUT2D eigenvalue weighted by Gasteiger charge is -2.07. The van der Waals surface area contributed by atoms with Gasteiger partial charge in [-0.2, -0.15) is 15.3 Å². The predicted octanol–water partition coefficient (Wildman–Crippen LogP) is 2.83. The van der Waals surface area contributed by atoms with E-state index in [0.717, 1.165) is 40.2 Å². The average Bonchev–Trinajstić information content (AvgIpc) is 3.42. The number of carbonyl (C=O) groups is 1. The van der Waals surface area contributed by atoms with E-state index in [9.17, 15) is 4.79 Å². The number of hydrogen-bond acceptors (Lipinski definition) is 5. The highest BCUT2D eigenvalue weighted by Crippen LogP contribution is 2.24. The molecule has 4 aromatic heterocycles. The summed E-state index contributed by atoms with van der Waals surface area (Å²) >= 11 is 3.48. The van der Waals surface area contributed by atoms with Crippen LogP contribution in [0.3, 0.4) is 0 Å². The van der Waals surface area contributed by atoms with Gasteiger partial charge in [0.2, 0.25) is 0 Å². The second-order valence-electron chi connectivity index (χ2n) is 6.55. The van der Waals surface area contributed by atoms with Crippen molar-refractivity contribution >= 4 is 27.5 Å². The first kappa shape index (κ1) is 19.3. The summed E-state index contributed by atoms with van der Waals surface area (Å²) in [6.07, 6.45) is 6.95. The van der Waals surface area contributed by atoms with Crippen LogP contribution in [0.4, 0.5) is 0 Å². The molecule has 0 aliphatic carbocycles. The van der Waals surface area contributed by atoms with E-state index >= 15 is 0 Å². The van der Waals surface area contributed by atoms with Crippen molar-refractivity contribution in [2.24, 2.45) is 0 Å². The van der Waals surface area contributed by atoms with Gasteiger partial charge in [-0.25, -0.2) is 9.50 Å². The molecular weight excluding hydrogens is 436 g/mol. The fourth-order valence-electron chi connectivity index (χ4n) is 3.28. The molecule has 29 heavy (non-hydrogen) atoms. The monoisotopic (exact) mass is 456 g/mol. The Balaban J connectivity index is 1.64. The van der Waals surface area contributed by atoms with Crippen LogP contribution in [-0.4, -0.2) is 40.1 Å². The van der Waals surface area contributed by atoms with Gasteiger partial charge < -0.3 is 5.32 Å². The highest BCUT2D eigenvalue weighted by atomic mass is 79.9. The number of aromatic nitrogens is 7. The van der Waals surface area contributed by atoms with Crippen molar-refractivity contribution in [3.05, 3.63) is 52.3 Å². The van der Waals surface area contributed by atoms with Gasteiger partial charge in [-0.1, -0.05) is 0 Å². The number of rotatable bonds is 6. The minimum Gasteiger partial charge on any atom is -0.346 e. The Morgan fingerprint density at radius 3 is 2.76 bits per heavy atom. The summed E-state index contributed by atoms with van der Waals surface area (Å²) in [7, 11) is 0. The molecule has 0 bridgehead atoms. The molecule has 0 aliphatic rings. The number of aryl methyl sites for hydroxylation is 3. The van der Waals surface area contributed by atoms with Crippen molar-refractivity contribution in [2.75, 3.05) is 0 Å². The molecule has 0 aliphatic heterocycles. The maximum atomic E-state index is 12.8. The van der Waals surface area contributed by atoms with Crippen LogP contribution >= 0.6 is 15.9 Å². The summed E-state index contributed by atoms with van der Waals surface area (Å²) in [6, 6.07) is 1.88. The van der Waals surface area contributed by atoms with Gasteiger partial charge in [0.15, 0.2) is 5.65 Å². The topological polar surface area (TPSA) is 94.9 Å². The molecule has 1 amide bonds. The summed E-state index contributed by atoms with van der Waals surface area (Å²) in [5.41, 5.74) is 4.55. The summed E-state index contributed by atoms with van der Waals surface area (Å²) in [6.45, 7) is 7.86. The average molecular weight is 457 g/mol. The minimum absolute atomic E-state index is 0.235. The third-order valence-electron chi connectivity index (χ3n) is 4.81. The normalized spacial score (nSPS) is 11.3. The summed E-state index contributed by atoms with van der Waals surface area (Å²) in [4.78, 5) is 17.2. The fourth-order valence-corrected chi connectivity index (χ4v) is 3.72. The summed E-state index contributed by atoms with van der Waals surface area (Å²) < 4.78 is 6.27. The van der Waals surface area contributed by atoms with Crippen molar-refractivity contribution in [3.63, 3.8) is 0 Å². The number of carbonyl (C=O) groups excluding carboxylic acids is 1. The zero-order valence-electron chi connectivity index (χ0n) is 16.4. The Hall–Kier alpha value is -3.01. The van der Waals surface area contributed by atoms with Gasteiger partial charge in [0.05, 0.1) is 40.5 Å². The van der Waals surface area contributed by atoms with E-state index in [2.05, 4.69) is 41.5 Å². The maximum Gasteiger partial charge on any atom is 0.257 e. The Kier molecular flexibility index (Phi) is 5.18. The van der Waals surface area contributed by atoms with Crippen molar-refractivity contribution in [1.29, 1.82) is 0 Å². The maximum absolute atomic E-state index is 12.8. The molecule has 0 spiro atoms. The van der Waals surface area contributed by atoms with Gasteiger partial charge in [-0.3, -0.25) is 14.2 Å². The van der Waals surface area contributed by atoms with Crippen molar-refractivity contribution < 1.29 is 4.79 Å². The first-order chi connectivity index (χ1) is 14.0. The molecule has 0 aromatic carbocycles. The standard InChI is InChI=1S/C19H21BrN8O/c1-4-26-11-14(12(3)25-26)16-6-7-21-18-13(8-24-28(16)18)19(29)22-10-17-15(20)9-23-27(17)5-2/h6-9,11H,4-5,10H2,1-3H3,(H,22,29). The van der Waals surface area contributed by atoms with Gasteiger partial charge in [0.25, 0.3) is 5.91 Å². The van der Waals surface area contributed by atoms with E-state index in [4.69, 9.17) is 0 Å². The molecule has 4 rings (SSSR count). The van der Waals surface area contributed by atoms with Gasteiger partial charge in [-0.05, 0) is 42.8 Å². The lowest BCUT2D eigenvalue weighted by molar-refractivity contribution is 0.0951. The van der Waals surface area contributed by atoms with Crippen molar-refractivity contribution in [2.45, 2.75) is 40.4 Å². The SMILES string of the molecule is CCn1cc(-c2ccnc3c(C(=O)NCc4c(Br)cnn4CC)cnn23)c(C)n1. The highest BCUT2D eigenvalue weighted by Gasteiger charge is 2.19. The Bertz CT molecular complexity index is 1190. The van der Waals surface area contributed by atoms with Crippen LogP contribution in [0.15, 0.2) is 35.3 Å². The Morgan fingerprint density at radius 2 is 2.03 bits per heavy atom.